The number of hydrogen-bond donors (Lipinski definition) is 2. The van der Waals surface area contributed by atoms with E-state index in [4.69, 9.17) is 5.73 Å². The molecule has 0 aliphatic heterocycles. The smallest absolute Gasteiger partial charge is 0.224 e. The third-order valence-electron chi connectivity index (χ3n) is 4.51. The molecule has 29 heavy (non-hydrogen) atoms. The van der Waals surface area contributed by atoms with Gasteiger partial charge in [0.25, 0.3) is 0 Å². The van der Waals surface area contributed by atoms with Crippen molar-refractivity contribution in [3.63, 3.8) is 0 Å². The molecule has 1 atom stereocenters. The van der Waals surface area contributed by atoms with Gasteiger partial charge in [0.15, 0.2) is 0 Å². The van der Waals surface area contributed by atoms with Crippen molar-refractivity contribution in [3.8, 4) is 5.82 Å². The molecule has 0 spiro atoms. The van der Waals surface area contributed by atoms with Gasteiger partial charge in [-0.2, -0.15) is 9.97 Å². The molecular formula is C20H19FN8. The lowest BCUT2D eigenvalue weighted by Gasteiger charge is -2.20. The number of benzene rings is 1. The average Bonchev–Trinajstić information content (AvgIpc) is 3.15. The van der Waals surface area contributed by atoms with E-state index in [0.29, 0.717) is 17.5 Å². The summed E-state index contributed by atoms with van der Waals surface area (Å²) in [4.78, 5) is 21.5. The Morgan fingerprint density at radius 2 is 1.90 bits per heavy atom. The largest absolute Gasteiger partial charge is 0.368 e. The van der Waals surface area contributed by atoms with Gasteiger partial charge in [0, 0.05) is 30.1 Å². The van der Waals surface area contributed by atoms with E-state index in [9.17, 15) is 4.39 Å². The summed E-state index contributed by atoms with van der Waals surface area (Å²) in [5, 5.41) is 3.18. The highest BCUT2D eigenvalue weighted by atomic mass is 19.1. The van der Waals surface area contributed by atoms with Crippen molar-refractivity contribution in [2.45, 2.75) is 19.8 Å². The summed E-state index contributed by atoms with van der Waals surface area (Å²) in [5.74, 6) is 1.24. The molecule has 8 nitrogen and oxygen atoms in total. The summed E-state index contributed by atoms with van der Waals surface area (Å²) in [7, 11) is 0. The summed E-state index contributed by atoms with van der Waals surface area (Å²) < 4.78 is 15.2. The van der Waals surface area contributed by atoms with Crippen LogP contribution in [0.15, 0.2) is 55.4 Å². The second-order valence-corrected chi connectivity index (χ2v) is 6.58. The Kier molecular flexibility index (Phi) is 4.86. The minimum absolute atomic E-state index is 0.104. The number of imidazole rings is 1. The first-order valence-corrected chi connectivity index (χ1v) is 8.98. The monoisotopic (exact) mass is 390 g/mol. The fourth-order valence-corrected chi connectivity index (χ4v) is 3.11. The van der Waals surface area contributed by atoms with Crippen molar-refractivity contribution in [1.29, 1.82) is 0 Å². The number of aryl methyl sites for hydroxylation is 1. The molecule has 0 saturated heterocycles. The number of rotatable bonds is 5. The predicted molar refractivity (Wildman–Crippen MR) is 108 cm³/mol. The van der Waals surface area contributed by atoms with E-state index < -0.39 is 0 Å². The van der Waals surface area contributed by atoms with Crippen molar-refractivity contribution in [2.75, 3.05) is 11.1 Å². The SMILES string of the molecule is Cc1cn(-c2nc(N)nc(Nc3cnccn3)c2C(C)c2ccc(F)cc2)cn1. The molecule has 4 rings (SSSR count). The summed E-state index contributed by atoms with van der Waals surface area (Å²) in [6.07, 6.45) is 8.28. The zero-order chi connectivity index (χ0) is 20.4. The van der Waals surface area contributed by atoms with Crippen LogP contribution in [0.5, 0.6) is 0 Å². The number of nitrogen functional groups attached to an aromatic ring is 1. The Balaban J connectivity index is 1.89. The second-order valence-electron chi connectivity index (χ2n) is 6.58. The average molecular weight is 390 g/mol. The summed E-state index contributed by atoms with van der Waals surface area (Å²) >= 11 is 0. The number of anilines is 3. The minimum Gasteiger partial charge on any atom is -0.368 e. The van der Waals surface area contributed by atoms with Crippen LogP contribution in [0.3, 0.4) is 0 Å². The van der Waals surface area contributed by atoms with E-state index in [1.165, 1.54) is 12.1 Å². The standard InChI is InChI=1S/C20H19FN8/c1-12-10-29(11-25-12)19-17(13(2)14-3-5-15(21)6-4-14)18(27-20(22)28-19)26-16-9-23-7-8-24-16/h3-11,13H,1-2H3,(H3,22,24,26,27,28). The number of nitrogens with two attached hydrogens (primary N) is 1. The van der Waals surface area contributed by atoms with E-state index in [0.717, 1.165) is 16.8 Å². The summed E-state index contributed by atoms with van der Waals surface area (Å²) in [6.45, 7) is 3.89. The maximum absolute atomic E-state index is 13.4. The predicted octanol–water partition coefficient (Wildman–Crippen LogP) is 3.38. The Morgan fingerprint density at radius 3 is 2.55 bits per heavy atom. The molecule has 0 radical (unpaired) electrons. The molecule has 0 aliphatic carbocycles. The van der Waals surface area contributed by atoms with Crippen LogP contribution in [-0.2, 0) is 0 Å². The lowest BCUT2D eigenvalue weighted by atomic mass is 9.93. The van der Waals surface area contributed by atoms with Crippen molar-refractivity contribution in [1.82, 2.24) is 29.5 Å². The number of hydrogen-bond acceptors (Lipinski definition) is 7. The van der Waals surface area contributed by atoms with Gasteiger partial charge in [-0.05, 0) is 24.6 Å². The molecule has 3 N–H and O–H groups in total. The number of halogens is 1. The van der Waals surface area contributed by atoms with Crippen LogP contribution in [0.25, 0.3) is 5.82 Å². The zero-order valence-electron chi connectivity index (χ0n) is 15.9. The second kappa shape index (κ2) is 7.63. The van der Waals surface area contributed by atoms with E-state index >= 15 is 0 Å². The van der Waals surface area contributed by atoms with E-state index in [1.54, 1.807) is 41.6 Å². The Labute approximate surface area is 166 Å². The molecule has 0 amide bonds. The maximum atomic E-state index is 13.4. The lowest BCUT2D eigenvalue weighted by Crippen LogP contribution is -2.13. The first kappa shape index (κ1) is 18.5. The molecule has 0 saturated carbocycles. The molecular weight excluding hydrogens is 371 g/mol. The van der Waals surface area contributed by atoms with Gasteiger partial charge in [0.1, 0.15) is 29.6 Å². The Bertz CT molecular complexity index is 1130. The highest BCUT2D eigenvalue weighted by Crippen LogP contribution is 2.35. The van der Waals surface area contributed by atoms with Gasteiger partial charge < -0.3 is 11.1 Å². The van der Waals surface area contributed by atoms with Gasteiger partial charge in [0.2, 0.25) is 5.95 Å². The highest BCUT2D eigenvalue weighted by molar-refractivity contribution is 5.64. The molecule has 3 aromatic heterocycles. The first-order valence-electron chi connectivity index (χ1n) is 8.98. The van der Waals surface area contributed by atoms with Gasteiger partial charge in [0.05, 0.1) is 11.9 Å². The quantitative estimate of drug-likeness (QED) is 0.538. The summed E-state index contributed by atoms with van der Waals surface area (Å²) in [5.41, 5.74) is 8.52. The van der Waals surface area contributed by atoms with Gasteiger partial charge in [-0.15, -0.1) is 0 Å². The number of nitrogens with one attached hydrogen (secondary N) is 1. The Morgan fingerprint density at radius 1 is 1.10 bits per heavy atom. The van der Waals surface area contributed by atoms with Gasteiger partial charge in [-0.25, -0.2) is 14.4 Å². The topological polar surface area (TPSA) is 107 Å². The van der Waals surface area contributed by atoms with E-state index in [-0.39, 0.29) is 17.7 Å². The fraction of sp³-hybridized carbons (Fsp3) is 0.150. The molecule has 0 bridgehead atoms. The van der Waals surface area contributed by atoms with Gasteiger partial charge in [-0.1, -0.05) is 19.1 Å². The molecule has 4 aromatic rings. The van der Waals surface area contributed by atoms with Crippen molar-refractivity contribution >= 4 is 17.6 Å². The van der Waals surface area contributed by atoms with E-state index in [1.807, 2.05) is 20.0 Å². The summed E-state index contributed by atoms with van der Waals surface area (Å²) in [6, 6.07) is 6.35. The van der Waals surface area contributed by atoms with Gasteiger partial charge in [-0.3, -0.25) is 9.55 Å². The maximum Gasteiger partial charge on any atom is 0.224 e. The van der Waals surface area contributed by atoms with Crippen molar-refractivity contribution in [2.24, 2.45) is 0 Å². The molecule has 3 heterocycles. The van der Waals surface area contributed by atoms with Crippen molar-refractivity contribution < 1.29 is 4.39 Å². The molecule has 146 valence electrons. The number of nitrogens with zero attached hydrogens (tertiary/aromatic N) is 6. The van der Waals surface area contributed by atoms with Crippen molar-refractivity contribution in [3.05, 3.63) is 78.0 Å². The zero-order valence-corrected chi connectivity index (χ0v) is 15.9. The number of aromatic nitrogens is 6. The molecule has 0 fully saturated rings. The fourth-order valence-electron chi connectivity index (χ4n) is 3.11. The van der Waals surface area contributed by atoms with Crippen LogP contribution < -0.4 is 11.1 Å². The normalized spacial score (nSPS) is 12.0. The van der Waals surface area contributed by atoms with Crippen LogP contribution in [-0.4, -0.2) is 29.5 Å². The minimum atomic E-state index is -0.294. The van der Waals surface area contributed by atoms with Crippen LogP contribution in [0, 0.1) is 12.7 Å². The third kappa shape index (κ3) is 3.88. The Hall–Kier alpha value is -3.88. The van der Waals surface area contributed by atoms with Crippen LogP contribution in [0.4, 0.5) is 22.0 Å². The van der Waals surface area contributed by atoms with Crippen LogP contribution in [0.2, 0.25) is 0 Å². The lowest BCUT2D eigenvalue weighted by molar-refractivity contribution is 0.626. The molecule has 1 aromatic carbocycles. The van der Waals surface area contributed by atoms with Gasteiger partial charge >= 0.3 is 0 Å². The first-order chi connectivity index (χ1) is 14.0. The highest BCUT2D eigenvalue weighted by Gasteiger charge is 2.23. The van der Waals surface area contributed by atoms with E-state index in [2.05, 4.69) is 30.2 Å². The molecule has 0 aliphatic rings. The molecule has 9 heteroatoms. The molecule has 1 unspecified atom stereocenters. The third-order valence-corrected chi connectivity index (χ3v) is 4.51. The van der Waals surface area contributed by atoms with Crippen LogP contribution >= 0.6 is 0 Å². The van der Waals surface area contributed by atoms with Crippen LogP contribution in [0.1, 0.15) is 29.7 Å².